The van der Waals surface area contributed by atoms with Crippen LogP contribution < -0.4 is 23.8 Å². The Bertz CT molecular complexity index is 1170. The summed E-state index contributed by atoms with van der Waals surface area (Å²) in [4.78, 5) is 28.3. The normalized spacial score (nSPS) is 12.0. The zero-order valence-corrected chi connectivity index (χ0v) is 23.3. The van der Waals surface area contributed by atoms with E-state index >= 15 is 0 Å². The van der Waals surface area contributed by atoms with E-state index < -0.39 is 28.5 Å². The smallest absolute Gasteiger partial charge is 0.244 e. The number of hydrogen-bond donors (Lipinski definition) is 1. The standard InChI is InChI=1S/C26H37N3O7S/c1-8-22(26(31)27-18(2)3)28(16-19-9-11-20(34-4)12-10-19)25(30)17-29(37(7,32)33)23-15-21(35-5)13-14-24(23)36-6/h9-15,18,22H,8,16-17H2,1-7H3,(H,27,31). The molecule has 37 heavy (non-hydrogen) atoms. The lowest BCUT2D eigenvalue weighted by atomic mass is 10.1. The van der Waals surface area contributed by atoms with E-state index in [4.69, 9.17) is 14.2 Å². The third-order valence-corrected chi connectivity index (χ3v) is 6.79. The van der Waals surface area contributed by atoms with Crippen molar-refractivity contribution in [3.63, 3.8) is 0 Å². The molecule has 0 saturated carbocycles. The Hall–Kier alpha value is -3.47. The number of carbonyl (C=O) groups is 2. The van der Waals surface area contributed by atoms with E-state index in [1.54, 1.807) is 50.4 Å². The Labute approximate surface area is 219 Å². The molecule has 1 atom stereocenters. The highest BCUT2D eigenvalue weighted by atomic mass is 32.2. The molecule has 204 valence electrons. The molecule has 0 bridgehead atoms. The minimum Gasteiger partial charge on any atom is -0.497 e. The fraction of sp³-hybridized carbons (Fsp3) is 0.462. The Morgan fingerprint density at radius 2 is 1.54 bits per heavy atom. The maximum atomic E-state index is 13.8. The molecule has 2 aromatic carbocycles. The largest absolute Gasteiger partial charge is 0.497 e. The van der Waals surface area contributed by atoms with Crippen molar-refractivity contribution in [2.24, 2.45) is 0 Å². The van der Waals surface area contributed by atoms with Crippen LogP contribution in [0.3, 0.4) is 0 Å². The van der Waals surface area contributed by atoms with Crippen molar-refractivity contribution in [3.05, 3.63) is 48.0 Å². The number of methoxy groups -OCH3 is 3. The molecule has 10 nitrogen and oxygen atoms in total. The number of anilines is 1. The maximum absolute atomic E-state index is 13.8. The highest BCUT2D eigenvalue weighted by Gasteiger charge is 2.33. The van der Waals surface area contributed by atoms with Crippen molar-refractivity contribution in [2.45, 2.75) is 45.8 Å². The molecule has 0 radical (unpaired) electrons. The van der Waals surface area contributed by atoms with Crippen LogP contribution in [-0.4, -0.2) is 71.3 Å². The fourth-order valence-electron chi connectivity index (χ4n) is 3.81. The molecule has 2 amide bonds. The third-order valence-electron chi connectivity index (χ3n) is 5.66. The predicted molar refractivity (Wildman–Crippen MR) is 143 cm³/mol. The number of benzene rings is 2. The minimum absolute atomic E-state index is 0.0969. The lowest BCUT2D eigenvalue weighted by Gasteiger charge is -2.33. The predicted octanol–water partition coefficient (Wildman–Crippen LogP) is 2.81. The second-order valence-corrected chi connectivity index (χ2v) is 10.7. The lowest BCUT2D eigenvalue weighted by Crippen LogP contribution is -2.53. The maximum Gasteiger partial charge on any atom is 0.244 e. The van der Waals surface area contributed by atoms with Crippen LogP contribution in [0.25, 0.3) is 0 Å². The summed E-state index contributed by atoms with van der Waals surface area (Å²) in [5.41, 5.74) is 0.914. The van der Waals surface area contributed by atoms with E-state index in [0.717, 1.165) is 16.1 Å². The van der Waals surface area contributed by atoms with Gasteiger partial charge in [-0.1, -0.05) is 19.1 Å². The summed E-state index contributed by atoms with van der Waals surface area (Å²) in [6, 6.07) is 10.9. The number of hydrogen-bond acceptors (Lipinski definition) is 7. The van der Waals surface area contributed by atoms with Crippen molar-refractivity contribution in [2.75, 3.05) is 38.4 Å². The molecule has 0 aromatic heterocycles. The Morgan fingerprint density at radius 3 is 2.03 bits per heavy atom. The third kappa shape index (κ3) is 8.01. The summed E-state index contributed by atoms with van der Waals surface area (Å²) >= 11 is 0. The van der Waals surface area contributed by atoms with Gasteiger partial charge in [-0.2, -0.15) is 0 Å². The van der Waals surface area contributed by atoms with Crippen molar-refractivity contribution >= 4 is 27.5 Å². The quantitative estimate of drug-likeness (QED) is 0.419. The lowest BCUT2D eigenvalue weighted by molar-refractivity contribution is -0.140. The van der Waals surface area contributed by atoms with Gasteiger partial charge in [-0.15, -0.1) is 0 Å². The molecule has 2 aromatic rings. The second-order valence-electron chi connectivity index (χ2n) is 8.76. The molecular weight excluding hydrogens is 498 g/mol. The number of sulfonamides is 1. The number of carbonyl (C=O) groups excluding carboxylic acids is 2. The molecule has 2 rings (SSSR count). The first kappa shape index (κ1) is 29.8. The molecule has 0 aliphatic rings. The van der Waals surface area contributed by atoms with Crippen molar-refractivity contribution < 1.29 is 32.2 Å². The molecule has 0 spiro atoms. The van der Waals surface area contributed by atoms with Gasteiger partial charge < -0.3 is 24.4 Å². The van der Waals surface area contributed by atoms with E-state index in [1.165, 1.54) is 25.2 Å². The first-order valence-corrected chi connectivity index (χ1v) is 13.7. The van der Waals surface area contributed by atoms with Crippen molar-refractivity contribution in [1.29, 1.82) is 0 Å². The summed E-state index contributed by atoms with van der Waals surface area (Å²) in [7, 11) is 0.497. The number of rotatable bonds is 13. The van der Waals surface area contributed by atoms with Crippen LogP contribution in [0, 0.1) is 0 Å². The highest BCUT2D eigenvalue weighted by Crippen LogP contribution is 2.34. The Kier molecular flexibility index (Phi) is 10.6. The summed E-state index contributed by atoms with van der Waals surface area (Å²) in [6.45, 7) is 5.03. The van der Waals surface area contributed by atoms with Crippen LogP contribution in [0.15, 0.2) is 42.5 Å². The Balaban J connectivity index is 2.52. The van der Waals surface area contributed by atoms with Gasteiger partial charge in [0.15, 0.2) is 0 Å². The van der Waals surface area contributed by atoms with Gasteiger partial charge in [0.25, 0.3) is 0 Å². The number of nitrogens with one attached hydrogen (secondary N) is 1. The second kappa shape index (κ2) is 13.2. The van der Waals surface area contributed by atoms with Crippen LogP contribution in [-0.2, 0) is 26.2 Å². The van der Waals surface area contributed by atoms with E-state index in [-0.39, 0.29) is 29.9 Å². The van der Waals surface area contributed by atoms with Gasteiger partial charge in [0.1, 0.15) is 29.8 Å². The first-order chi connectivity index (χ1) is 17.4. The van der Waals surface area contributed by atoms with Crippen LogP contribution in [0.5, 0.6) is 17.2 Å². The molecule has 0 heterocycles. The molecule has 11 heteroatoms. The van der Waals surface area contributed by atoms with Crippen molar-refractivity contribution in [3.8, 4) is 17.2 Å². The summed E-state index contributed by atoms with van der Waals surface area (Å²) < 4.78 is 42.5. The topological polar surface area (TPSA) is 114 Å². The average Bonchev–Trinajstić information content (AvgIpc) is 2.85. The molecule has 0 aliphatic carbocycles. The number of amides is 2. The van der Waals surface area contributed by atoms with E-state index in [0.29, 0.717) is 17.9 Å². The van der Waals surface area contributed by atoms with Gasteiger partial charge in [0.05, 0.1) is 33.3 Å². The summed E-state index contributed by atoms with van der Waals surface area (Å²) in [5, 5.41) is 2.86. The first-order valence-electron chi connectivity index (χ1n) is 11.9. The molecule has 1 N–H and O–H groups in total. The van der Waals surface area contributed by atoms with Crippen molar-refractivity contribution in [1.82, 2.24) is 10.2 Å². The SMILES string of the molecule is CCC(C(=O)NC(C)C)N(Cc1ccc(OC)cc1)C(=O)CN(c1cc(OC)ccc1OC)S(C)(=O)=O. The van der Waals surface area contributed by atoms with E-state index in [9.17, 15) is 18.0 Å². The van der Waals surface area contributed by atoms with Gasteiger partial charge in [0, 0.05) is 18.7 Å². The molecule has 0 saturated heterocycles. The number of nitrogens with zero attached hydrogens (tertiary/aromatic N) is 2. The van der Waals surface area contributed by atoms with E-state index in [2.05, 4.69) is 5.32 Å². The van der Waals surface area contributed by atoms with Crippen LogP contribution in [0.1, 0.15) is 32.8 Å². The molecular formula is C26H37N3O7S. The molecule has 0 fully saturated rings. The number of ether oxygens (including phenoxy) is 3. The highest BCUT2D eigenvalue weighted by molar-refractivity contribution is 7.92. The molecule has 0 aliphatic heterocycles. The van der Waals surface area contributed by atoms with Crippen LogP contribution in [0.2, 0.25) is 0 Å². The average molecular weight is 536 g/mol. The Morgan fingerprint density at radius 1 is 0.946 bits per heavy atom. The fourth-order valence-corrected chi connectivity index (χ4v) is 4.66. The van der Waals surface area contributed by atoms with Gasteiger partial charge in [-0.3, -0.25) is 13.9 Å². The monoisotopic (exact) mass is 535 g/mol. The van der Waals surface area contributed by atoms with Gasteiger partial charge in [0.2, 0.25) is 21.8 Å². The zero-order chi connectivity index (χ0) is 27.8. The van der Waals surface area contributed by atoms with E-state index in [1.807, 2.05) is 13.8 Å². The summed E-state index contributed by atoms with van der Waals surface area (Å²) in [5.74, 6) is 0.445. The minimum atomic E-state index is -3.92. The zero-order valence-electron chi connectivity index (χ0n) is 22.5. The summed E-state index contributed by atoms with van der Waals surface area (Å²) in [6.07, 6.45) is 1.34. The molecule has 1 unspecified atom stereocenters. The van der Waals surface area contributed by atoms with Gasteiger partial charge >= 0.3 is 0 Å². The van der Waals surface area contributed by atoms with Gasteiger partial charge in [-0.25, -0.2) is 8.42 Å². The van der Waals surface area contributed by atoms with Crippen LogP contribution in [0.4, 0.5) is 5.69 Å². The van der Waals surface area contributed by atoms with Gasteiger partial charge in [-0.05, 0) is 50.1 Å². The van der Waals surface area contributed by atoms with Crippen LogP contribution >= 0.6 is 0 Å².